The van der Waals surface area contributed by atoms with E-state index in [0.717, 1.165) is 35.7 Å². The number of amides is 1. The van der Waals surface area contributed by atoms with Crippen LogP contribution in [0.4, 0.5) is 15.9 Å². The Balaban J connectivity index is 1.12. The van der Waals surface area contributed by atoms with E-state index >= 15 is 0 Å². The third-order valence-electron chi connectivity index (χ3n) is 6.85. The summed E-state index contributed by atoms with van der Waals surface area (Å²) in [5, 5.41) is 4.46. The predicted molar refractivity (Wildman–Crippen MR) is 165 cm³/mol. The first-order valence-electron chi connectivity index (χ1n) is 14.0. The molecule has 6 rings (SSSR count). The lowest BCUT2D eigenvalue weighted by atomic mass is 10.1. The molecule has 44 heavy (non-hydrogen) atoms. The number of ether oxygens (including phenoxy) is 2. The van der Waals surface area contributed by atoms with Gasteiger partial charge in [0, 0.05) is 35.7 Å². The quantitative estimate of drug-likeness (QED) is 0.122. The van der Waals surface area contributed by atoms with Crippen LogP contribution in [0.1, 0.15) is 30.6 Å². The van der Waals surface area contributed by atoms with Gasteiger partial charge in [0.05, 0.1) is 10.5 Å². The van der Waals surface area contributed by atoms with Gasteiger partial charge in [-0.15, -0.1) is 0 Å². The Morgan fingerprint density at radius 2 is 2.00 bits per heavy atom. The van der Waals surface area contributed by atoms with E-state index in [0.29, 0.717) is 46.0 Å². The molecule has 1 atom stereocenters. The Hall–Kier alpha value is -4.77. The SMILES string of the molecule is O=C(/C=C/c1ccc(-c2ccc3ncnc(Nc4ccc(OCc5cccc(F)c5)c(Cl)c4)c3c2)o1)NOC1CCCCO1. The highest BCUT2D eigenvalue weighted by Gasteiger charge is 2.15. The topological polar surface area (TPSA) is 108 Å². The summed E-state index contributed by atoms with van der Waals surface area (Å²) in [6.45, 7) is 0.812. The largest absolute Gasteiger partial charge is 0.487 e. The number of carbonyl (C=O) groups excluding carboxylic acids is 1. The lowest BCUT2D eigenvalue weighted by Gasteiger charge is -2.21. The van der Waals surface area contributed by atoms with Crippen molar-refractivity contribution in [2.24, 2.45) is 0 Å². The lowest BCUT2D eigenvalue weighted by Crippen LogP contribution is -2.32. The number of halogens is 2. The zero-order valence-corrected chi connectivity index (χ0v) is 24.2. The van der Waals surface area contributed by atoms with Crippen molar-refractivity contribution in [2.75, 3.05) is 11.9 Å². The van der Waals surface area contributed by atoms with Crippen LogP contribution in [-0.2, 0) is 21.0 Å². The molecular formula is C33H28ClFN4O5. The van der Waals surface area contributed by atoms with Crippen molar-refractivity contribution in [3.63, 3.8) is 0 Å². The Bertz CT molecular complexity index is 1800. The van der Waals surface area contributed by atoms with Gasteiger partial charge in [-0.1, -0.05) is 23.7 Å². The molecule has 0 radical (unpaired) electrons. The minimum atomic E-state index is -0.420. The van der Waals surface area contributed by atoms with E-state index in [1.807, 2.05) is 30.3 Å². The number of fused-ring (bicyclic) bond motifs is 1. The number of hydrogen-bond donors (Lipinski definition) is 2. The molecule has 224 valence electrons. The molecule has 1 unspecified atom stereocenters. The summed E-state index contributed by atoms with van der Waals surface area (Å²) in [4.78, 5) is 26.3. The van der Waals surface area contributed by atoms with E-state index in [-0.39, 0.29) is 12.4 Å². The van der Waals surface area contributed by atoms with Gasteiger partial charge in [0.15, 0.2) is 6.29 Å². The van der Waals surface area contributed by atoms with Crippen molar-refractivity contribution >= 4 is 46.0 Å². The van der Waals surface area contributed by atoms with Gasteiger partial charge in [0.25, 0.3) is 5.91 Å². The van der Waals surface area contributed by atoms with Gasteiger partial charge in [0.2, 0.25) is 0 Å². The molecule has 11 heteroatoms. The van der Waals surface area contributed by atoms with E-state index in [2.05, 4.69) is 20.8 Å². The van der Waals surface area contributed by atoms with Crippen LogP contribution >= 0.6 is 11.6 Å². The average Bonchev–Trinajstić information content (AvgIpc) is 3.52. The Morgan fingerprint density at radius 3 is 2.84 bits per heavy atom. The second-order valence-electron chi connectivity index (χ2n) is 10.1. The molecule has 0 spiro atoms. The first kappa shape index (κ1) is 29.3. The average molecular weight is 615 g/mol. The fraction of sp³-hybridized carbons (Fsp3) is 0.182. The molecule has 1 saturated heterocycles. The number of rotatable bonds is 10. The van der Waals surface area contributed by atoms with Gasteiger partial charge >= 0.3 is 0 Å². The molecule has 2 aromatic heterocycles. The fourth-order valence-corrected chi connectivity index (χ4v) is 4.88. The highest BCUT2D eigenvalue weighted by molar-refractivity contribution is 6.32. The summed E-state index contributed by atoms with van der Waals surface area (Å²) in [7, 11) is 0. The molecule has 1 amide bonds. The molecule has 9 nitrogen and oxygen atoms in total. The zero-order chi connectivity index (χ0) is 30.3. The van der Waals surface area contributed by atoms with Gasteiger partial charge in [-0.25, -0.2) is 24.7 Å². The number of nitrogens with zero attached hydrogens (tertiary/aromatic N) is 2. The maximum absolute atomic E-state index is 13.5. The van der Waals surface area contributed by atoms with E-state index in [1.54, 1.807) is 36.4 Å². The zero-order valence-electron chi connectivity index (χ0n) is 23.5. The van der Waals surface area contributed by atoms with Crippen molar-refractivity contribution < 1.29 is 27.9 Å². The normalized spacial score (nSPS) is 15.0. The number of hydroxylamine groups is 1. The number of hydrogen-bond acceptors (Lipinski definition) is 8. The van der Waals surface area contributed by atoms with Crippen LogP contribution in [0.2, 0.25) is 5.02 Å². The van der Waals surface area contributed by atoms with Crippen molar-refractivity contribution in [3.05, 3.63) is 107 Å². The van der Waals surface area contributed by atoms with Crippen LogP contribution in [0.5, 0.6) is 5.75 Å². The molecule has 3 aromatic carbocycles. The smallest absolute Gasteiger partial charge is 0.267 e. The maximum Gasteiger partial charge on any atom is 0.267 e. The summed E-state index contributed by atoms with van der Waals surface area (Å²) in [5.41, 5.74) is 5.32. The van der Waals surface area contributed by atoms with E-state index in [4.69, 9.17) is 30.3 Å². The molecular weight excluding hydrogens is 587 g/mol. The second-order valence-corrected chi connectivity index (χ2v) is 10.5. The van der Waals surface area contributed by atoms with Gasteiger partial charge in [-0.05, 0) is 85.1 Å². The van der Waals surface area contributed by atoms with Crippen LogP contribution in [0, 0.1) is 5.82 Å². The highest BCUT2D eigenvalue weighted by atomic mass is 35.5. The van der Waals surface area contributed by atoms with Crippen LogP contribution in [-0.4, -0.2) is 28.8 Å². The fourth-order valence-electron chi connectivity index (χ4n) is 4.65. The predicted octanol–water partition coefficient (Wildman–Crippen LogP) is 7.59. The van der Waals surface area contributed by atoms with Crippen LogP contribution in [0.25, 0.3) is 28.3 Å². The Morgan fingerprint density at radius 1 is 1.07 bits per heavy atom. The summed E-state index contributed by atoms with van der Waals surface area (Å²) in [5.74, 6) is 1.42. The number of anilines is 2. The highest BCUT2D eigenvalue weighted by Crippen LogP contribution is 2.33. The standard InChI is InChI=1S/C33H28ClFN4O5/c34-27-18-24(8-12-30(27)42-19-21-4-3-5-23(35)16-21)38-33-26-17-22(7-11-28(26)36-20-37-33)29-13-9-25(43-29)10-14-31(40)39-44-32-6-1-2-15-41-32/h3-5,7-14,16-18,20,32H,1-2,6,15,19H2,(H,39,40)(H,36,37,38)/b14-10+. The molecule has 3 heterocycles. The number of nitrogens with one attached hydrogen (secondary N) is 2. The van der Waals surface area contributed by atoms with E-state index in [1.165, 1.54) is 24.5 Å². The third kappa shape index (κ3) is 7.41. The van der Waals surface area contributed by atoms with Crippen LogP contribution in [0.3, 0.4) is 0 Å². The molecule has 1 aliphatic rings. The number of benzene rings is 3. The molecule has 0 saturated carbocycles. The van der Waals surface area contributed by atoms with Gasteiger partial charge in [0.1, 0.15) is 41.8 Å². The van der Waals surface area contributed by atoms with E-state index in [9.17, 15) is 9.18 Å². The summed E-state index contributed by atoms with van der Waals surface area (Å²) < 4.78 is 30.7. The molecule has 0 aliphatic carbocycles. The molecule has 1 aliphatic heterocycles. The monoisotopic (exact) mass is 614 g/mol. The van der Waals surface area contributed by atoms with E-state index < -0.39 is 12.2 Å². The van der Waals surface area contributed by atoms with Crippen LogP contribution < -0.4 is 15.5 Å². The van der Waals surface area contributed by atoms with Gasteiger partial charge in [-0.3, -0.25) is 4.79 Å². The maximum atomic E-state index is 13.5. The van der Waals surface area contributed by atoms with Crippen molar-refractivity contribution in [2.45, 2.75) is 32.2 Å². The summed E-state index contributed by atoms with van der Waals surface area (Å²) in [6.07, 6.45) is 6.70. The number of carbonyl (C=O) groups is 1. The molecule has 5 aromatic rings. The van der Waals surface area contributed by atoms with Crippen LogP contribution in [0.15, 0.2) is 89.6 Å². The molecule has 2 N–H and O–H groups in total. The van der Waals surface area contributed by atoms with Gasteiger partial charge < -0.3 is 19.2 Å². The lowest BCUT2D eigenvalue weighted by molar-refractivity contribution is -0.198. The minimum absolute atomic E-state index is 0.186. The first-order chi connectivity index (χ1) is 21.5. The molecule has 1 fully saturated rings. The summed E-state index contributed by atoms with van der Waals surface area (Å²) >= 11 is 6.49. The minimum Gasteiger partial charge on any atom is -0.487 e. The number of aromatic nitrogens is 2. The molecule has 0 bridgehead atoms. The first-order valence-corrected chi connectivity index (χ1v) is 14.4. The number of furan rings is 1. The van der Waals surface area contributed by atoms with Crippen molar-refractivity contribution in [3.8, 4) is 17.1 Å². The Kier molecular flexibility index (Phi) is 9.11. The van der Waals surface area contributed by atoms with Crippen molar-refractivity contribution in [1.82, 2.24) is 15.4 Å². The third-order valence-corrected chi connectivity index (χ3v) is 7.15. The van der Waals surface area contributed by atoms with Gasteiger partial charge in [-0.2, -0.15) is 0 Å². The second kappa shape index (κ2) is 13.7. The van der Waals surface area contributed by atoms with Crippen molar-refractivity contribution in [1.29, 1.82) is 0 Å². The summed E-state index contributed by atoms with van der Waals surface area (Å²) in [6, 6.07) is 20.8. The Labute approximate surface area is 257 Å².